The molecule has 2 atom stereocenters. The van der Waals surface area contributed by atoms with Gasteiger partial charge in [0.2, 0.25) is 6.79 Å². The fourth-order valence-electron chi connectivity index (χ4n) is 2.63. The summed E-state index contributed by atoms with van der Waals surface area (Å²) in [6, 6.07) is 6.35. The summed E-state index contributed by atoms with van der Waals surface area (Å²) >= 11 is 0. The quantitative estimate of drug-likeness (QED) is 0.886. The zero-order valence-electron chi connectivity index (χ0n) is 13.0. The molecular weight excluding hydrogens is 280 g/mol. The average Bonchev–Trinajstić information content (AvgIpc) is 2.91. The molecule has 2 aliphatic rings. The molecule has 0 radical (unpaired) electrons. The molecule has 0 saturated heterocycles. The van der Waals surface area contributed by atoms with E-state index in [2.05, 4.69) is 35.2 Å². The molecule has 0 bridgehead atoms. The van der Waals surface area contributed by atoms with Crippen LogP contribution < -0.4 is 20.5 Å². The van der Waals surface area contributed by atoms with Gasteiger partial charge in [0.1, 0.15) is 11.7 Å². The van der Waals surface area contributed by atoms with Gasteiger partial charge in [-0.05, 0) is 26.3 Å². The third-order valence-electron chi connectivity index (χ3n) is 4.00. The SMILES string of the molecule is CC1N=C(N)CC(=NCCc2cccc3c2OCO3)NC1C. The number of benzene rings is 1. The second kappa shape index (κ2) is 6.25. The van der Waals surface area contributed by atoms with Crippen molar-refractivity contribution in [3.63, 3.8) is 0 Å². The Bertz CT molecular complexity index is 612. The first-order valence-corrected chi connectivity index (χ1v) is 7.63. The van der Waals surface area contributed by atoms with E-state index < -0.39 is 0 Å². The number of amidine groups is 2. The second-order valence-corrected chi connectivity index (χ2v) is 5.70. The highest BCUT2D eigenvalue weighted by Crippen LogP contribution is 2.35. The standard InChI is InChI=1S/C16H22N4O2/c1-10-11(2)20-15(8-14(17)19-10)18-7-6-12-4-3-5-13-16(12)22-9-21-13/h3-5,10-11H,6-9H2,1-2H3,(H2,17,19)(H,18,20). The smallest absolute Gasteiger partial charge is 0.231 e. The minimum Gasteiger partial charge on any atom is -0.454 e. The fourth-order valence-corrected chi connectivity index (χ4v) is 2.63. The summed E-state index contributed by atoms with van der Waals surface area (Å²) in [4.78, 5) is 9.08. The van der Waals surface area contributed by atoms with E-state index in [0.29, 0.717) is 25.6 Å². The van der Waals surface area contributed by atoms with Gasteiger partial charge >= 0.3 is 0 Å². The van der Waals surface area contributed by atoms with Gasteiger partial charge in [-0.1, -0.05) is 12.1 Å². The molecule has 0 amide bonds. The van der Waals surface area contributed by atoms with Crippen molar-refractivity contribution in [2.75, 3.05) is 13.3 Å². The maximum absolute atomic E-state index is 5.93. The highest BCUT2D eigenvalue weighted by atomic mass is 16.7. The Labute approximate surface area is 130 Å². The summed E-state index contributed by atoms with van der Waals surface area (Å²) < 4.78 is 10.9. The van der Waals surface area contributed by atoms with Crippen LogP contribution in [0.1, 0.15) is 25.8 Å². The first-order chi connectivity index (χ1) is 10.6. The van der Waals surface area contributed by atoms with Gasteiger partial charge in [-0.25, -0.2) is 0 Å². The Morgan fingerprint density at radius 3 is 3.09 bits per heavy atom. The fraction of sp³-hybridized carbons (Fsp3) is 0.500. The highest BCUT2D eigenvalue weighted by Gasteiger charge is 2.19. The van der Waals surface area contributed by atoms with E-state index in [9.17, 15) is 0 Å². The number of aliphatic imine (C=N–C) groups is 2. The molecule has 0 saturated carbocycles. The van der Waals surface area contributed by atoms with Gasteiger partial charge in [0, 0.05) is 18.2 Å². The van der Waals surface area contributed by atoms with E-state index in [4.69, 9.17) is 15.2 Å². The molecule has 1 aromatic carbocycles. The number of hydrogen-bond acceptors (Lipinski definition) is 5. The number of fused-ring (bicyclic) bond motifs is 1. The topological polar surface area (TPSA) is 81.2 Å². The van der Waals surface area contributed by atoms with Crippen LogP contribution in [0.4, 0.5) is 0 Å². The van der Waals surface area contributed by atoms with Crippen molar-refractivity contribution >= 4 is 11.7 Å². The lowest BCUT2D eigenvalue weighted by molar-refractivity contribution is 0.173. The Hall–Kier alpha value is -2.24. The van der Waals surface area contributed by atoms with E-state index in [-0.39, 0.29) is 12.1 Å². The van der Waals surface area contributed by atoms with Crippen molar-refractivity contribution in [2.45, 2.75) is 38.8 Å². The molecule has 3 rings (SSSR count). The minimum atomic E-state index is 0.163. The summed E-state index contributed by atoms with van der Waals surface area (Å²) in [5.74, 6) is 3.21. The van der Waals surface area contributed by atoms with Crippen molar-refractivity contribution in [2.24, 2.45) is 15.7 Å². The Morgan fingerprint density at radius 2 is 2.23 bits per heavy atom. The summed E-state index contributed by atoms with van der Waals surface area (Å²) in [5.41, 5.74) is 7.05. The monoisotopic (exact) mass is 302 g/mol. The number of hydrogen-bond donors (Lipinski definition) is 2. The van der Waals surface area contributed by atoms with Gasteiger partial charge in [0.25, 0.3) is 0 Å². The largest absolute Gasteiger partial charge is 0.454 e. The summed E-state index contributed by atoms with van der Waals surface area (Å²) in [5, 5.41) is 3.40. The summed E-state index contributed by atoms with van der Waals surface area (Å²) in [6.45, 7) is 5.12. The predicted molar refractivity (Wildman–Crippen MR) is 86.9 cm³/mol. The molecule has 2 aliphatic heterocycles. The van der Waals surface area contributed by atoms with Gasteiger partial charge in [-0.2, -0.15) is 0 Å². The van der Waals surface area contributed by atoms with E-state index in [0.717, 1.165) is 29.3 Å². The molecular formula is C16H22N4O2. The number of nitrogens with zero attached hydrogens (tertiary/aromatic N) is 2. The van der Waals surface area contributed by atoms with Crippen LogP contribution in [0.15, 0.2) is 28.2 Å². The van der Waals surface area contributed by atoms with Gasteiger partial charge in [0.15, 0.2) is 11.5 Å². The van der Waals surface area contributed by atoms with Crippen molar-refractivity contribution in [1.29, 1.82) is 0 Å². The van der Waals surface area contributed by atoms with Crippen molar-refractivity contribution in [1.82, 2.24) is 5.32 Å². The molecule has 118 valence electrons. The lowest BCUT2D eigenvalue weighted by Crippen LogP contribution is -2.37. The number of rotatable bonds is 3. The lowest BCUT2D eigenvalue weighted by atomic mass is 10.1. The minimum absolute atomic E-state index is 0.163. The predicted octanol–water partition coefficient (Wildman–Crippen LogP) is 1.48. The summed E-state index contributed by atoms with van der Waals surface area (Å²) in [7, 11) is 0. The maximum atomic E-state index is 5.93. The van der Waals surface area contributed by atoms with Crippen LogP contribution in [0.25, 0.3) is 0 Å². The van der Waals surface area contributed by atoms with E-state index in [1.165, 1.54) is 0 Å². The van der Waals surface area contributed by atoms with Gasteiger partial charge in [-0.3, -0.25) is 9.98 Å². The molecule has 1 aromatic rings. The molecule has 22 heavy (non-hydrogen) atoms. The first kappa shape index (κ1) is 14.7. The maximum Gasteiger partial charge on any atom is 0.231 e. The Kier molecular flexibility index (Phi) is 4.18. The Balaban J connectivity index is 1.65. The van der Waals surface area contributed by atoms with Crippen LogP contribution in [0, 0.1) is 0 Å². The van der Waals surface area contributed by atoms with Crippen LogP contribution in [-0.4, -0.2) is 37.1 Å². The van der Waals surface area contributed by atoms with Gasteiger partial charge in [0.05, 0.1) is 12.5 Å². The zero-order valence-corrected chi connectivity index (χ0v) is 13.0. The molecule has 3 N–H and O–H groups in total. The molecule has 2 heterocycles. The van der Waals surface area contributed by atoms with E-state index in [1.807, 2.05) is 12.1 Å². The van der Waals surface area contributed by atoms with Crippen LogP contribution >= 0.6 is 0 Å². The third-order valence-corrected chi connectivity index (χ3v) is 4.00. The van der Waals surface area contributed by atoms with Crippen molar-refractivity contribution in [3.8, 4) is 11.5 Å². The molecule has 0 aromatic heterocycles. The van der Waals surface area contributed by atoms with E-state index >= 15 is 0 Å². The lowest BCUT2D eigenvalue weighted by Gasteiger charge is -2.16. The highest BCUT2D eigenvalue weighted by molar-refractivity contribution is 6.02. The number of ether oxygens (including phenoxy) is 2. The first-order valence-electron chi connectivity index (χ1n) is 7.63. The number of nitrogens with one attached hydrogen (secondary N) is 1. The van der Waals surface area contributed by atoms with Crippen LogP contribution in [0.5, 0.6) is 11.5 Å². The number of para-hydroxylation sites is 1. The van der Waals surface area contributed by atoms with Crippen molar-refractivity contribution in [3.05, 3.63) is 23.8 Å². The third kappa shape index (κ3) is 3.16. The average molecular weight is 302 g/mol. The molecule has 2 unspecified atom stereocenters. The van der Waals surface area contributed by atoms with Crippen LogP contribution in [0.3, 0.4) is 0 Å². The van der Waals surface area contributed by atoms with Crippen LogP contribution in [0.2, 0.25) is 0 Å². The summed E-state index contributed by atoms with van der Waals surface area (Å²) in [6.07, 6.45) is 1.39. The van der Waals surface area contributed by atoms with Crippen molar-refractivity contribution < 1.29 is 9.47 Å². The molecule has 0 spiro atoms. The van der Waals surface area contributed by atoms with Gasteiger partial charge < -0.3 is 20.5 Å². The van der Waals surface area contributed by atoms with Gasteiger partial charge in [-0.15, -0.1) is 0 Å². The van der Waals surface area contributed by atoms with Crippen LogP contribution in [-0.2, 0) is 6.42 Å². The second-order valence-electron chi connectivity index (χ2n) is 5.70. The zero-order chi connectivity index (χ0) is 15.5. The molecule has 6 nitrogen and oxygen atoms in total. The normalized spacial score (nSPS) is 25.5. The molecule has 0 aliphatic carbocycles. The number of nitrogens with two attached hydrogens (primary N) is 1. The molecule has 0 fully saturated rings. The Morgan fingerprint density at radius 1 is 1.36 bits per heavy atom. The van der Waals surface area contributed by atoms with E-state index in [1.54, 1.807) is 0 Å². The molecule has 6 heteroatoms.